The van der Waals surface area contributed by atoms with Crippen molar-refractivity contribution in [3.05, 3.63) is 35.2 Å². The Labute approximate surface area is 185 Å². The summed E-state index contributed by atoms with van der Waals surface area (Å²) < 4.78 is 0. The molecule has 1 saturated heterocycles. The van der Waals surface area contributed by atoms with E-state index in [-0.39, 0.29) is 11.3 Å². The zero-order valence-corrected chi connectivity index (χ0v) is 21.0. The van der Waals surface area contributed by atoms with E-state index in [1.807, 2.05) is 11.1 Å². The van der Waals surface area contributed by atoms with Gasteiger partial charge in [-0.1, -0.05) is 53.7 Å². The van der Waals surface area contributed by atoms with Crippen molar-refractivity contribution in [2.24, 2.45) is 16.3 Å². The Kier molecular flexibility index (Phi) is 10.6. The molecule has 4 nitrogen and oxygen atoms in total. The topological polar surface area (TPSA) is 35.9 Å². The molecular formula is C26H45N3O. The molecule has 1 atom stereocenters. The summed E-state index contributed by atoms with van der Waals surface area (Å²) in [7, 11) is 0. The van der Waals surface area contributed by atoms with Crippen LogP contribution in [0.25, 0.3) is 0 Å². The highest BCUT2D eigenvalue weighted by atomic mass is 16.2. The highest BCUT2D eigenvalue weighted by Gasteiger charge is 2.27. The minimum atomic E-state index is 0.0356. The van der Waals surface area contributed by atoms with Gasteiger partial charge in [-0.05, 0) is 50.5 Å². The lowest BCUT2D eigenvalue weighted by Crippen LogP contribution is -2.49. The second-order valence-electron chi connectivity index (χ2n) is 9.63. The lowest BCUT2D eigenvalue weighted by molar-refractivity contribution is -0.134. The van der Waals surface area contributed by atoms with Crippen molar-refractivity contribution >= 4 is 11.6 Å². The molecule has 1 aliphatic heterocycles. The van der Waals surface area contributed by atoms with E-state index in [1.165, 1.54) is 16.8 Å². The van der Waals surface area contributed by atoms with E-state index in [0.29, 0.717) is 12.3 Å². The standard InChI is InChI=1S/C26H45N3O/c1-10-13-14-27-21(5)25(23(12-3)20(4)11-2)22(6)28-15-17-29(18-16-28)24(30)19-26(7,8)9/h12-14,20H,10-11,15-19H2,1-9H3/b14-13+,23-12-,25-22-,27-21+. The Balaban J connectivity index is 3.14. The average Bonchev–Trinajstić information content (AvgIpc) is 2.69. The average molecular weight is 416 g/mol. The normalized spacial score (nSPS) is 18.7. The number of piperazine rings is 1. The first-order valence-electron chi connectivity index (χ1n) is 11.7. The van der Waals surface area contributed by atoms with E-state index in [4.69, 9.17) is 4.99 Å². The SMILES string of the molecule is C\C=C(C(/C(C)=N/C=C/CC)=C(/C)N1CCN(C(=O)CC(C)(C)C)CC1)\C(C)CC. The number of hydrogen-bond donors (Lipinski definition) is 0. The van der Waals surface area contributed by atoms with Gasteiger partial charge in [0.1, 0.15) is 0 Å². The van der Waals surface area contributed by atoms with Gasteiger partial charge in [0.05, 0.1) is 0 Å². The number of allylic oxidation sites excluding steroid dienone is 5. The summed E-state index contributed by atoms with van der Waals surface area (Å²) in [6, 6.07) is 0. The van der Waals surface area contributed by atoms with Crippen molar-refractivity contribution in [1.29, 1.82) is 0 Å². The van der Waals surface area contributed by atoms with Crippen LogP contribution in [0, 0.1) is 11.3 Å². The summed E-state index contributed by atoms with van der Waals surface area (Å²) >= 11 is 0. The molecule has 1 fully saturated rings. The molecule has 4 heteroatoms. The van der Waals surface area contributed by atoms with Crippen LogP contribution in [0.4, 0.5) is 0 Å². The molecule has 1 unspecified atom stereocenters. The minimum absolute atomic E-state index is 0.0356. The number of rotatable bonds is 8. The molecule has 1 aliphatic rings. The van der Waals surface area contributed by atoms with Gasteiger partial charge in [-0.3, -0.25) is 9.79 Å². The van der Waals surface area contributed by atoms with Gasteiger partial charge in [-0.25, -0.2) is 0 Å². The van der Waals surface area contributed by atoms with Gasteiger partial charge in [0.25, 0.3) is 0 Å². The van der Waals surface area contributed by atoms with Gasteiger partial charge in [-0.2, -0.15) is 0 Å². The van der Waals surface area contributed by atoms with Crippen LogP contribution in [0.2, 0.25) is 0 Å². The van der Waals surface area contributed by atoms with Gasteiger partial charge in [0, 0.05) is 55.8 Å². The first-order chi connectivity index (χ1) is 14.1. The van der Waals surface area contributed by atoms with Crippen molar-refractivity contribution in [2.45, 2.75) is 81.6 Å². The predicted molar refractivity (Wildman–Crippen MR) is 131 cm³/mol. The largest absolute Gasteiger partial charge is 0.371 e. The van der Waals surface area contributed by atoms with Gasteiger partial charge >= 0.3 is 0 Å². The van der Waals surface area contributed by atoms with Crippen molar-refractivity contribution in [1.82, 2.24) is 9.80 Å². The van der Waals surface area contributed by atoms with Crippen molar-refractivity contribution < 1.29 is 4.79 Å². The van der Waals surface area contributed by atoms with Crippen LogP contribution in [0.1, 0.15) is 81.6 Å². The van der Waals surface area contributed by atoms with Crippen LogP contribution >= 0.6 is 0 Å². The smallest absolute Gasteiger partial charge is 0.223 e. The number of carbonyl (C=O) groups is 1. The first kappa shape index (κ1) is 26.2. The molecule has 0 saturated carbocycles. The maximum absolute atomic E-state index is 12.6. The Morgan fingerprint density at radius 1 is 1.07 bits per heavy atom. The maximum atomic E-state index is 12.6. The zero-order chi connectivity index (χ0) is 22.9. The first-order valence-corrected chi connectivity index (χ1v) is 11.7. The molecular weight excluding hydrogens is 370 g/mol. The maximum Gasteiger partial charge on any atom is 0.223 e. The highest BCUT2D eigenvalue weighted by Crippen LogP contribution is 2.29. The van der Waals surface area contributed by atoms with E-state index >= 15 is 0 Å². The molecule has 1 heterocycles. The van der Waals surface area contributed by atoms with E-state index in [9.17, 15) is 4.79 Å². The molecule has 0 bridgehead atoms. The van der Waals surface area contributed by atoms with Crippen LogP contribution in [-0.4, -0.2) is 47.6 Å². The highest BCUT2D eigenvalue weighted by molar-refractivity contribution is 6.03. The Bertz CT molecular complexity index is 684. The minimum Gasteiger partial charge on any atom is -0.371 e. The van der Waals surface area contributed by atoms with Crippen molar-refractivity contribution in [3.63, 3.8) is 0 Å². The summed E-state index contributed by atoms with van der Waals surface area (Å²) in [6.45, 7) is 22.8. The van der Waals surface area contributed by atoms with Crippen molar-refractivity contribution in [2.75, 3.05) is 26.2 Å². The van der Waals surface area contributed by atoms with Gasteiger partial charge < -0.3 is 9.80 Å². The fourth-order valence-electron chi connectivity index (χ4n) is 3.92. The van der Waals surface area contributed by atoms with Crippen molar-refractivity contribution in [3.8, 4) is 0 Å². The number of aliphatic imine (C=N–C) groups is 1. The fourth-order valence-corrected chi connectivity index (χ4v) is 3.92. The van der Waals surface area contributed by atoms with Gasteiger partial charge in [-0.15, -0.1) is 0 Å². The number of hydrogen-bond acceptors (Lipinski definition) is 3. The molecule has 0 aromatic rings. The molecule has 0 N–H and O–H groups in total. The molecule has 0 radical (unpaired) electrons. The van der Waals surface area contributed by atoms with E-state index in [2.05, 4.69) is 79.4 Å². The molecule has 0 aliphatic carbocycles. The van der Waals surface area contributed by atoms with Crippen LogP contribution in [-0.2, 0) is 4.79 Å². The number of nitrogens with zero attached hydrogens (tertiary/aromatic N) is 3. The summed E-state index contributed by atoms with van der Waals surface area (Å²) in [4.78, 5) is 21.8. The Morgan fingerprint density at radius 3 is 2.10 bits per heavy atom. The fraction of sp³-hybridized carbons (Fsp3) is 0.692. The van der Waals surface area contributed by atoms with Crippen LogP contribution in [0.3, 0.4) is 0 Å². The number of carbonyl (C=O) groups excluding carboxylic acids is 1. The third-order valence-electron chi connectivity index (χ3n) is 5.86. The predicted octanol–water partition coefficient (Wildman–Crippen LogP) is 6.22. The third-order valence-corrected chi connectivity index (χ3v) is 5.86. The zero-order valence-electron chi connectivity index (χ0n) is 21.0. The van der Waals surface area contributed by atoms with Crippen LogP contribution < -0.4 is 0 Å². The summed E-state index contributed by atoms with van der Waals surface area (Å²) in [5.74, 6) is 0.759. The summed E-state index contributed by atoms with van der Waals surface area (Å²) in [6.07, 6.45) is 8.97. The molecule has 30 heavy (non-hydrogen) atoms. The van der Waals surface area contributed by atoms with Gasteiger partial charge in [0.15, 0.2) is 0 Å². The second-order valence-corrected chi connectivity index (χ2v) is 9.63. The summed E-state index contributed by atoms with van der Waals surface area (Å²) in [5.41, 5.74) is 5.01. The lowest BCUT2D eigenvalue weighted by Gasteiger charge is -2.38. The molecule has 1 rings (SSSR count). The molecule has 0 aromatic carbocycles. The Hall–Kier alpha value is -1.84. The quantitative estimate of drug-likeness (QED) is 0.348. The second kappa shape index (κ2) is 12.1. The summed E-state index contributed by atoms with van der Waals surface area (Å²) in [5, 5.41) is 0. The third kappa shape index (κ3) is 7.77. The Morgan fingerprint density at radius 2 is 1.63 bits per heavy atom. The molecule has 1 amide bonds. The van der Waals surface area contributed by atoms with Crippen LogP contribution in [0.15, 0.2) is 40.2 Å². The monoisotopic (exact) mass is 415 g/mol. The van der Waals surface area contributed by atoms with Crippen LogP contribution in [0.5, 0.6) is 0 Å². The molecule has 0 spiro atoms. The number of amides is 1. The molecule has 170 valence electrons. The lowest BCUT2D eigenvalue weighted by atomic mass is 9.87. The van der Waals surface area contributed by atoms with E-state index < -0.39 is 0 Å². The van der Waals surface area contributed by atoms with Gasteiger partial charge in [0.2, 0.25) is 5.91 Å². The van der Waals surface area contributed by atoms with E-state index in [1.54, 1.807) is 0 Å². The van der Waals surface area contributed by atoms with E-state index in [0.717, 1.165) is 44.7 Å². The molecule has 0 aromatic heterocycles.